The third-order valence-electron chi connectivity index (χ3n) is 2.22. The number of nitrogens with one attached hydrogen (secondary N) is 2. The van der Waals surface area contributed by atoms with Gasteiger partial charge in [0.15, 0.2) is 0 Å². The highest BCUT2D eigenvalue weighted by Gasteiger charge is 2.06. The maximum atomic E-state index is 12.9. The Kier molecular flexibility index (Phi) is 3.18. The zero-order valence-electron chi connectivity index (χ0n) is 8.84. The number of hydrogen-bond acceptors (Lipinski definition) is 1. The van der Waals surface area contributed by atoms with Crippen LogP contribution in [0.15, 0.2) is 36.5 Å². The smallest absolute Gasteiger partial charge is 0.267 e. The zero-order chi connectivity index (χ0) is 12.3. The van der Waals surface area contributed by atoms with Crippen LogP contribution in [0.2, 0.25) is 0 Å². The third-order valence-corrected chi connectivity index (χ3v) is 2.22. The van der Waals surface area contributed by atoms with E-state index < -0.39 is 11.6 Å². The molecule has 0 radical (unpaired) electrons. The molecule has 0 aliphatic rings. The van der Waals surface area contributed by atoms with Gasteiger partial charge >= 0.3 is 0 Å². The Labute approximate surface area is 96.5 Å². The third kappa shape index (κ3) is 2.90. The standard InChI is InChI=1S/C12H10F2N2O/c13-9-4-8(5-10(14)6-9)7-16-12(17)11-2-1-3-15-11/h1-6,15H,7H2,(H,16,17). The van der Waals surface area contributed by atoms with Gasteiger partial charge in [-0.1, -0.05) is 0 Å². The molecule has 0 aliphatic heterocycles. The van der Waals surface area contributed by atoms with Crippen molar-refractivity contribution >= 4 is 5.91 Å². The second kappa shape index (κ2) is 4.78. The summed E-state index contributed by atoms with van der Waals surface area (Å²) >= 11 is 0. The molecular weight excluding hydrogens is 226 g/mol. The van der Waals surface area contributed by atoms with E-state index in [1.165, 1.54) is 12.1 Å². The number of aromatic nitrogens is 1. The molecule has 88 valence electrons. The van der Waals surface area contributed by atoms with E-state index in [1.807, 2.05) is 0 Å². The Balaban J connectivity index is 2.00. The van der Waals surface area contributed by atoms with Crippen LogP contribution in [0.1, 0.15) is 16.1 Å². The van der Waals surface area contributed by atoms with E-state index in [4.69, 9.17) is 0 Å². The van der Waals surface area contributed by atoms with Gasteiger partial charge in [0.05, 0.1) is 0 Å². The highest BCUT2D eigenvalue weighted by atomic mass is 19.1. The van der Waals surface area contributed by atoms with Gasteiger partial charge in [0.1, 0.15) is 17.3 Å². The van der Waals surface area contributed by atoms with Crippen LogP contribution >= 0.6 is 0 Å². The second-order valence-corrected chi connectivity index (χ2v) is 3.54. The van der Waals surface area contributed by atoms with Crippen LogP contribution < -0.4 is 5.32 Å². The Morgan fingerprint density at radius 1 is 1.24 bits per heavy atom. The van der Waals surface area contributed by atoms with Crippen LogP contribution in [0.25, 0.3) is 0 Å². The molecule has 0 saturated heterocycles. The van der Waals surface area contributed by atoms with Crippen molar-refractivity contribution in [3.8, 4) is 0 Å². The minimum Gasteiger partial charge on any atom is -0.357 e. The van der Waals surface area contributed by atoms with Crippen molar-refractivity contribution in [2.24, 2.45) is 0 Å². The molecule has 2 rings (SSSR count). The minimum atomic E-state index is -0.658. The number of halogens is 2. The fourth-order valence-electron chi connectivity index (χ4n) is 1.46. The number of benzene rings is 1. The highest BCUT2D eigenvalue weighted by molar-refractivity contribution is 5.92. The monoisotopic (exact) mass is 236 g/mol. The number of amides is 1. The molecule has 0 atom stereocenters. The number of H-pyrrole nitrogens is 1. The van der Waals surface area contributed by atoms with Gasteiger partial charge in [-0.3, -0.25) is 4.79 Å². The molecule has 0 saturated carbocycles. The number of aromatic amines is 1. The van der Waals surface area contributed by atoms with Crippen LogP contribution in [0.4, 0.5) is 8.78 Å². The molecule has 0 fully saturated rings. The topological polar surface area (TPSA) is 44.9 Å². The lowest BCUT2D eigenvalue weighted by atomic mass is 10.2. The van der Waals surface area contributed by atoms with Crippen LogP contribution in [-0.4, -0.2) is 10.9 Å². The predicted octanol–water partition coefficient (Wildman–Crippen LogP) is 2.22. The highest BCUT2D eigenvalue weighted by Crippen LogP contribution is 2.07. The van der Waals surface area contributed by atoms with Gasteiger partial charge in [-0.15, -0.1) is 0 Å². The minimum absolute atomic E-state index is 0.0759. The summed E-state index contributed by atoms with van der Waals surface area (Å²) in [5.41, 5.74) is 0.782. The van der Waals surface area contributed by atoms with Crippen molar-refractivity contribution < 1.29 is 13.6 Å². The van der Waals surface area contributed by atoms with Gasteiger partial charge in [-0.05, 0) is 29.8 Å². The molecule has 0 aliphatic carbocycles. The maximum absolute atomic E-state index is 12.9. The van der Waals surface area contributed by atoms with Crippen LogP contribution in [0.5, 0.6) is 0 Å². The van der Waals surface area contributed by atoms with E-state index in [1.54, 1.807) is 18.3 Å². The first kappa shape index (κ1) is 11.3. The molecule has 1 amide bonds. The Bertz CT molecular complexity index is 503. The summed E-state index contributed by atoms with van der Waals surface area (Å²) in [5.74, 6) is -1.64. The Hall–Kier alpha value is -2.17. The van der Waals surface area contributed by atoms with Gasteiger partial charge in [0, 0.05) is 18.8 Å². The number of hydrogen-bond donors (Lipinski definition) is 2. The lowest BCUT2D eigenvalue weighted by Gasteiger charge is -2.04. The predicted molar refractivity (Wildman–Crippen MR) is 58.3 cm³/mol. The molecule has 2 aromatic rings. The molecule has 2 N–H and O–H groups in total. The van der Waals surface area contributed by atoms with E-state index in [2.05, 4.69) is 10.3 Å². The molecule has 3 nitrogen and oxygen atoms in total. The second-order valence-electron chi connectivity index (χ2n) is 3.54. The van der Waals surface area contributed by atoms with E-state index >= 15 is 0 Å². The van der Waals surface area contributed by atoms with Crippen molar-refractivity contribution in [2.45, 2.75) is 6.54 Å². The molecule has 1 aromatic carbocycles. The van der Waals surface area contributed by atoms with E-state index in [-0.39, 0.29) is 12.5 Å². The molecule has 5 heteroatoms. The summed E-state index contributed by atoms with van der Waals surface area (Å²) < 4.78 is 25.7. The molecule has 17 heavy (non-hydrogen) atoms. The van der Waals surface area contributed by atoms with Crippen LogP contribution in [0, 0.1) is 11.6 Å². The van der Waals surface area contributed by atoms with Crippen molar-refractivity contribution in [3.63, 3.8) is 0 Å². The van der Waals surface area contributed by atoms with Crippen molar-refractivity contribution in [2.75, 3.05) is 0 Å². The van der Waals surface area contributed by atoms with Gasteiger partial charge in [-0.25, -0.2) is 8.78 Å². The Morgan fingerprint density at radius 2 is 1.94 bits per heavy atom. The average molecular weight is 236 g/mol. The number of carbonyl (C=O) groups excluding carboxylic acids is 1. The Morgan fingerprint density at radius 3 is 2.53 bits per heavy atom. The average Bonchev–Trinajstić information content (AvgIpc) is 2.78. The fraction of sp³-hybridized carbons (Fsp3) is 0.0833. The van der Waals surface area contributed by atoms with E-state index in [9.17, 15) is 13.6 Å². The van der Waals surface area contributed by atoms with Gasteiger partial charge in [0.25, 0.3) is 5.91 Å². The summed E-state index contributed by atoms with van der Waals surface area (Å²) in [6.45, 7) is 0.0759. The molecule has 1 heterocycles. The normalized spacial score (nSPS) is 10.2. The first-order valence-electron chi connectivity index (χ1n) is 5.02. The van der Waals surface area contributed by atoms with Crippen molar-refractivity contribution in [1.29, 1.82) is 0 Å². The van der Waals surface area contributed by atoms with Gasteiger partial charge in [-0.2, -0.15) is 0 Å². The summed E-state index contributed by atoms with van der Waals surface area (Å²) in [6.07, 6.45) is 1.62. The maximum Gasteiger partial charge on any atom is 0.267 e. The first-order valence-corrected chi connectivity index (χ1v) is 5.02. The number of carbonyl (C=O) groups is 1. The van der Waals surface area contributed by atoms with E-state index in [0.29, 0.717) is 11.3 Å². The van der Waals surface area contributed by atoms with Crippen molar-refractivity contribution in [1.82, 2.24) is 10.3 Å². The summed E-state index contributed by atoms with van der Waals surface area (Å²) in [4.78, 5) is 14.3. The van der Waals surface area contributed by atoms with Crippen LogP contribution in [-0.2, 0) is 6.54 Å². The van der Waals surface area contributed by atoms with Crippen molar-refractivity contribution in [3.05, 3.63) is 59.4 Å². The van der Waals surface area contributed by atoms with E-state index in [0.717, 1.165) is 6.07 Å². The molecule has 1 aromatic heterocycles. The molecular formula is C12H10F2N2O. The molecule has 0 spiro atoms. The molecule has 0 unspecified atom stereocenters. The fourth-order valence-corrected chi connectivity index (χ4v) is 1.46. The lowest BCUT2D eigenvalue weighted by molar-refractivity contribution is 0.0946. The largest absolute Gasteiger partial charge is 0.357 e. The SMILES string of the molecule is O=C(NCc1cc(F)cc(F)c1)c1ccc[nH]1. The summed E-state index contributed by atoms with van der Waals surface area (Å²) in [7, 11) is 0. The van der Waals surface area contributed by atoms with Gasteiger partial charge in [0.2, 0.25) is 0 Å². The lowest BCUT2D eigenvalue weighted by Crippen LogP contribution is -2.23. The summed E-state index contributed by atoms with van der Waals surface area (Å²) in [6, 6.07) is 6.45. The quantitative estimate of drug-likeness (QED) is 0.843. The number of rotatable bonds is 3. The first-order chi connectivity index (χ1) is 8.15. The van der Waals surface area contributed by atoms with Crippen LogP contribution in [0.3, 0.4) is 0 Å². The zero-order valence-corrected chi connectivity index (χ0v) is 8.84. The van der Waals surface area contributed by atoms with Gasteiger partial charge < -0.3 is 10.3 Å². The molecule has 0 bridgehead atoms. The summed E-state index contributed by atoms with van der Waals surface area (Å²) in [5, 5.41) is 2.55.